The Balaban J connectivity index is 2.00. The van der Waals surface area contributed by atoms with Crippen molar-refractivity contribution in [2.75, 3.05) is 5.32 Å². The number of nitrogens with zero attached hydrogens (tertiary/aromatic N) is 3. The van der Waals surface area contributed by atoms with E-state index in [4.69, 9.17) is 0 Å². The standard InChI is InChI=1S/C16H16N4O3S/c1-2-8-19-15(22)14-12(10-24-18-14)20(16(19)23)9-13(21)17-11-6-4-3-5-7-11/h3-7,10H,2,8-9H2,1H3,(H,17,21). The van der Waals surface area contributed by atoms with E-state index < -0.39 is 11.2 Å². The van der Waals surface area contributed by atoms with E-state index in [0.29, 0.717) is 24.2 Å². The van der Waals surface area contributed by atoms with Crippen LogP contribution in [0.4, 0.5) is 5.69 Å². The molecule has 7 nitrogen and oxygen atoms in total. The minimum atomic E-state index is -0.488. The van der Waals surface area contributed by atoms with Gasteiger partial charge in [0.25, 0.3) is 5.56 Å². The van der Waals surface area contributed by atoms with Crippen LogP contribution < -0.4 is 16.6 Å². The molecule has 0 aliphatic rings. The van der Waals surface area contributed by atoms with Crippen molar-refractivity contribution >= 4 is 34.2 Å². The zero-order valence-corrected chi connectivity index (χ0v) is 13.9. The highest BCUT2D eigenvalue weighted by molar-refractivity contribution is 7.04. The Bertz CT molecular complexity index is 988. The fourth-order valence-electron chi connectivity index (χ4n) is 2.47. The molecule has 0 radical (unpaired) electrons. The van der Waals surface area contributed by atoms with E-state index in [2.05, 4.69) is 9.69 Å². The SMILES string of the molecule is CCCn1c(=O)c2nscc2n(CC(=O)Nc2ccccc2)c1=O. The summed E-state index contributed by atoms with van der Waals surface area (Å²) < 4.78 is 6.51. The second kappa shape index (κ2) is 6.79. The van der Waals surface area contributed by atoms with Crippen molar-refractivity contribution in [3.8, 4) is 0 Å². The minimum absolute atomic E-state index is 0.174. The van der Waals surface area contributed by atoms with Crippen LogP contribution in [0.1, 0.15) is 13.3 Å². The summed E-state index contributed by atoms with van der Waals surface area (Å²) in [5, 5.41) is 4.35. The molecule has 3 rings (SSSR count). The van der Waals surface area contributed by atoms with Crippen molar-refractivity contribution in [3.63, 3.8) is 0 Å². The van der Waals surface area contributed by atoms with Crippen molar-refractivity contribution in [1.29, 1.82) is 0 Å². The molecule has 8 heteroatoms. The molecule has 1 aromatic carbocycles. The van der Waals surface area contributed by atoms with E-state index >= 15 is 0 Å². The first-order chi connectivity index (χ1) is 11.6. The number of hydrogen-bond acceptors (Lipinski definition) is 5. The van der Waals surface area contributed by atoms with Gasteiger partial charge in [-0.25, -0.2) is 4.79 Å². The maximum absolute atomic E-state index is 12.6. The highest BCUT2D eigenvalue weighted by Gasteiger charge is 2.16. The molecular weight excluding hydrogens is 328 g/mol. The van der Waals surface area contributed by atoms with Gasteiger partial charge >= 0.3 is 5.69 Å². The Morgan fingerprint density at radius 2 is 1.96 bits per heavy atom. The number of fused-ring (bicyclic) bond motifs is 1. The number of nitrogens with one attached hydrogen (secondary N) is 1. The van der Waals surface area contributed by atoms with Gasteiger partial charge in [0.05, 0.1) is 5.52 Å². The van der Waals surface area contributed by atoms with Crippen LogP contribution in [0.2, 0.25) is 0 Å². The van der Waals surface area contributed by atoms with E-state index in [0.717, 1.165) is 16.1 Å². The molecule has 24 heavy (non-hydrogen) atoms. The Hall–Kier alpha value is -2.74. The van der Waals surface area contributed by atoms with Crippen molar-refractivity contribution in [2.45, 2.75) is 26.4 Å². The lowest BCUT2D eigenvalue weighted by molar-refractivity contribution is -0.116. The van der Waals surface area contributed by atoms with Crippen LogP contribution in [0.15, 0.2) is 45.3 Å². The summed E-state index contributed by atoms with van der Waals surface area (Å²) in [7, 11) is 0. The molecule has 0 saturated carbocycles. The number of aromatic nitrogens is 3. The van der Waals surface area contributed by atoms with Crippen molar-refractivity contribution in [3.05, 3.63) is 56.5 Å². The number of benzene rings is 1. The number of rotatable bonds is 5. The normalized spacial score (nSPS) is 10.9. The van der Waals surface area contributed by atoms with E-state index in [-0.39, 0.29) is 18.0 Å². The molecule has 0 saturated heterocycles. The third-order valence-corrected chi connectivity index (χ3v) is 4.17. The Labute approximate surface area is 141 Å². The van der Waals surface area contributed by atoms with E-state index in [1.165, 1.54) is 4.57 Å². The molecule has 0 spiro atoms. The molecule has 1 amide bonds. The van der Waals surface area contributed by atoms with Gasteiger partial charge in [0.15, 0.2) is 5.52 Å². The third kappa shape index (κ3) is 3.00. The molecule has 0 atom stereocenters. The van der Waals surface area contributed by atoms with Gasteiger partial charge in [0, 0.05) is 17.6 Å². The van der Waals surface area contributed by atoms with Crippen molar-refractivity contribution < 1.29 is 4.79 Å². The number of amides is 1. The molecule has 124 valence electrons. The van der Waals surface area contributed by atoms with Gasteiger partial charge < -0.3 is 5.32 Å². The quantitative estimate of drug-likeness (QED) is 0.763. The van der Waals surface area contributed by atoms with Crippen LogP contribution in [-0.2, 0) is 17.9 Å². The minimum Gasteiger partial charge on any atom is -0.325 e. The van der Waals surface area contributed by atoms with Crippen molar-refractivity contribution in [1.82, 2.24) is 13.5 Å². The van der Waals surface area contributed by atoms with Gasteiger partial charge in [-0.2, -0.15) is 4.37 Å². The number of anilines is 1. The van der Waals surface area contributed by atoms with Crippen LogP contribution >= 0.6 is 11.5 Å². The first kappa shape index (κ1) is 16.1. The molecule has 3 aromatic rings. The van der Waals surface area contributed by atoms with Crippen LogP contribution in [-0.4, -0.2) is 19.4 Å². The summed E-state index contributed by atoms with van der Waals surface area (Å²) in [6.07, 6.45) is 0.640. The summed E-state index contributed by atoms with van der Waals surface area (Å²) in [4.78, 5) is 37.2. The fourth-order valence-corrected chi connectivity index (χ4v) is 3.14. The average Bonchev–Trinajstić information content (AvgIpc) is 3.06. The van der Waals surface area contributed by atoms with Gasteiger partial charge in [-0.1, -0.05) is 25.1 Å². The summed E-state index contributed by atoms with van der Waals surface area (Å²) in [5.74, 6) is -0.336. The molecule has 0 unspecified atom stereocenters. The predicted molar refractivity (Wildman–Crippen MR) is 93.5 cm³/mol. The maximum Gasteiger partial charge on any atom is 0.332 e. The van der Waals surface area contributed by atoms with Crippen LogP contribution in [0.5, 0.6) is 0 Å². The molecule has 2 heterocycles. The zero-order valence-electron chi connectivity index (χ0n) is 13.1. The van der Waals surface area contributed by atoms with Crippen molar-refractivity contribution in [2.24, 2.45) is 0 Å². The largest absolute Gasteiger partial charge is 0.332 e. The lowest BCUT2D eigenvalue weighted by atomic mass is 10.3. The molecule has 0 aliphatic carbocycles. The predicted octanol–water partition coefficient (Wildman–Crippen LogP) is 1.67. The van der Waals surface area contributed by atoms with Gasteiger partial charge in [-0.05, 0) is 30.1 Å². The number of para-hydroxylation sites is 1. The lowest BCUT2D eigenvalue weighted by Gasteiger charge is -2.11. The number of hydrogen-bond donors (Lipinski definition) is 1. The number of carbonyl (C=O) groups is 1. The maximum atomic E-state index is 12.6. The Morgan fingerprint density at radius 3 is 2.67 bits per heavy atom. The molecule has 2 aromatic heterocycles. The van der Waals surface area contributed by atoms with Crippen LogP contribution in [0, 0.1) is 0 Å². The summed E-state index contributed by atoms with van der Waals surface area (Å²) >= 11 is 1.09. The fraction of sp³-hybridized carbons (Fsp3) is 0.250. The van der Waals surface area contributed by atoms with E-state index in [1.54, 1.807) is 17.5 Å². The first-order valence-corrected chi connectivity index (χ1v) is 8.38. The smallest absolute Gasteiger partial charge is 0.325 e. The Kier molecular flexibility index (Phi) is 4.57. The number of carbonyl (C=O) groups excluding carboxylic acids is 1. The summed E-state index contributed by atoms with van der Waals surface area (Å²) in [5.41, 5.74) is 0.374. The van der Waals surface area contributed by atoms with E-state index in [9.17, 15) is 14.4 Å². The molecule has 0 bridgehead atoms. The van der Waals surface area contributed by atoms with E-state index in [1.807, 2.05) is 25.1 Å². The third-order valence-electron chi connectivity index (χ3n) is 3.56. The van der Waals surface area contributed by atoms with Crippen LogP contribution in [0.3, 0.4) is 0 Å². The monoisotopic (exact) mass is 344 g/mol. The molecule has 0 fully saturated rings. The van der Waals surface area contributed by atoms with Crippen LogP contribution in [0.25, 0.3) is 11.0 Å². The van der Waals surface area contributed by atoms with Gasteiger partial charge in [0.2, 0.25) is 5.91 Å². The molecule has 1 N–H and O–H groups in total. The highest BCUT2D eigenvalue weighted by atomic mass is 32.1. The Morgan fingerprint density at radius 1 is 1.21 bits per heavy atom. The second-order valence-electron chi connectivity index (χ2n) is 5.29. The first-order valence-electron chi connectivity index (χ1n) is 7.54. The topological polar surface area (TPSA) is 86.0 Å². The second-order valence-corrected chi connectivity index (χ2v) is 5.92. The lowest BCUT2D eigenvalue weighted by Crippen LogP contribution is -2.41. The van der Waals surface area contributed by atoms with Gasteiger partial charge in [-0.15, -0.1) is 0 Å². The zero-order chi connectivity index (χ0) is 17.1. The summed E-state index contributed by atoms with van der Waals surface area (Å²) in [6, 6.07) is 9.00. The average molecular weight is 344 g/mol. The van der Waals surface area contributed by atoms with Gasteiger partial charge in [0.1, 0.15) is 6.54 Å². The van der Waals surface area contributed by atoms with Gasteiger partial charge in [-0.3, -0.25) is 18.7 Å². The molecular formula is C16H16N4O3S. The summed E-state index contributed by atoms with van der Waals surface area (Å²) in [6.45, 7) is 2.00. The molecule has 0 aliphatic heterocycles. The highest BCUT2D eigenvalue weighted by Crippen LogP contribution is 2.10.